The Labute approximate surface area is 137 Å². The first-order valence-electron chi connectivity index (χ1n) is 9.26. The van der Waals surface area contributed by atoms with Gasteiger partial charge in [0.05, 0.1) is 20.6 Å². The van der Waals surface area contributed by atoms with E-state index in [0.717, 1.165) is 19.3 Å². The van der Waals surface area contributed by atoms with Crippen molar-refractivity contribution >= 4 is 5.91 Å². The van der Waals surface area contributed by atoms with Crippen LogP contribution in [0.3, 0.4) is 0 Å². The Kier molecular flexibility index (Phi) is 13.6. The SMILES string of the molecule is CCCCCCCCCCCC(=O)NCCCC[N+](C)(C)[O-]. The molecule has 0 bridgehead atoms. The average Bonchev–Trinajstić information content (AvgIpc) is 2.44. The number of nitrogens with zero attached hydrogens (tertiary/aromatic N) is 1. The summed E-state index contributed by atoms with van der Waals surface area (Å²) in [5, 5.41) is 14.3. The smallest absolute Gasteiger partial charge is 0.219 e. The molecule has 22 heavy (non-hydrogen) atoms. The molecule has 4 nitrogen and oxygen atoms in total. The Morgan fingerprint density at radius 2 is 1.41 bits per heavy atom. The molecule has 0 aromatic heterocycles. The Balaban J connectivity index is 3.23. The zero-order valence-corrected chi connectivity index (χ0v) is 15.2. The van der Waals surface area contributed by atoms with E-state index >= 15 is 0 Å². The minimum atomic E-state index is -0.244. The van der Waals surface area contributed by atoms with Gasteiger partial charge in [-0.1, -0.05) is 58.3 Å². The standard InChI is InChI=1S/C18H38N2O2/c1-4-5-6-7-8-9-10-11-12-15-18(21)19-16-13-14-17-20(2,3)22/h4-17H2,1-3H3,(H,19,21). The summed E-state index contributed by atoms with van der Waals surface area (Å²) >= 11 is 0. The van der Waals surface area contributed by atoms with E-state index in [1.165, 1.54) is 51.4 Å². The van der Waals surface area contributed by atoms with Crippen molar-refractivity contribution in [3.05, 3.63) is 5.21 Å². The van der Waals surface area contributed by atoms with Crippen molar-refractivity contribution in [3.8, 4) is 0 Å². The molecule has 0 saturated heterocycles. The predicted octanol–water partition coefficient (Wildman–Crippen LogP) is 4.38. The van der Waals surface area contributed by atoms with Gasteiger partial charge in [0.1, 0.15) is 0 Å². The predicted molar refractivity (Wildman–Crippen MR) is 94.4 cm³/mol. The summed E-state index contributed by atoms with van der Waals surface area (Å²) in [4.78, 5) is 11.6. The maximum absolute atomic E-state index is 11.6. The third kappa shape index (κ3) is 17.4. The Morgan fingerprint density at radius 3 is 1.95 bits per heavy atom. The van der Waals surface area contributed by atoms with E-state index < -0.39 is 0 Å². The molecule has 0 rings (SSSR count). The summed E-state index contributed by atoms with van der Waals surface area (Å²) in [7, 11) is 3.31. The fourth-order valence-corrected chi connectivity index (χ4v) is 2.53. The van der Waals surface area contributed by atoms with Gasteiger partial charge in [-0.2, -0.15) is 0 Å². The number of rotatable bonds is 15. The highest BCUT2D eigenvalue weighted by Crippen LogP contribution is 2.10. The number of carbonyl (C=O) groups excluding carboxylic acids is 1. The highest BCUT2D eigenvalue weighted by molar-refractivity contribution is 5.75. The molecular formula is C18H38N2O2. The summed E-state index contributed by atoms with van der Waals surface area (Å²) in [6.07, 6.45) is 13.9. The van der Waals surface area contributed by atoms with E-state index in [1.807, 2.05) is 0 Å². The summed E-state index contributed by atoms with van der Waals surface area (Å²) in [5.41, 5.74) is 0. The van der Waals surface area contributed by atoms with E-state index in [0.29, 0.717) is 19.5 Å². The van der Waals surface area contributed by atoms with Crippen LogP contribution >= 0.6 is 0 Å². The lowest BCUT2D eigenvalue weighted by atomic mass is 10.1. The van der Waals surface area contributed by atoms with E-state index in [2.05, 4.69) is 12.2 Å². The van der Waals surface area contributed by atoms with Crippen molar-refractivity contribution in [2.75, 3.05) is 27.2 Å². The zero-order valence-electron chi connectivity index (χ0n) is 15.2. The highest BCUT2D eigenvalue weighted by atomic mass is 16.5. The van der Waals surface area contributed by atoms with Crippen LogP contribution in [0.5, 0.6) is 0 Å². The second-order valence-electron chi connectivity index (χ2n) is 6.93. The molecule has 0 aliphatic heterocycles. The number of carbonyl (C=O) groups is 1. The van der Waals surface area contributed by atoms with Crippen LogP contribution in [-0.4, -0.2) is 37.7 Å². The lowest BCUT2D eigenvalue weighted by Crippen LogP contribution is -2.33. The molecule has 4 heteroatoms. The molecule has 0 radical (unpaired) electrons. The number of nitrogens with one attached hydrogen (secondary N) is 1. The lowest BCUT2D eigenvalue weighted by Gasteiger charge is -2.33. The van der Waals surface area contributed by atoms with Gasteiger partial charge in [0.25, 0.3) is 0 Å². The number of unbranched alkanes of at least 4 members (excludes halogenated alkanes) is 9. The third-order valence-corrected chi connectivity index (χ3v) is 3.95. The van der Waals surface area contributed by atoms with Gasteiger partial charge >= 0.3 is 0 Å². The summed E-state index contributed by atoms with van der Waals surface area (Å²) < 4.78 is -0.244. The average molecular weight is 315 g/mol. The minimum absolute atomic E-state index is 0.166. The molecule has 0 aliphatic rings. The molecule has 0 aromatic rings. The molecule has 0 unspecified atom stereocenters. The molecule has 1 amide bonds. The van der Waals surface area contributed by atoms with Crippen molar-refractivity contribution in [1.29, 1.82) is 0 Å². The van der Waals surface area contributed by atoms with Crippen molar-refractivity contribution in [1.82, 2.24) is 5.32 Å². The van der Waals surface area contributed by atoms with Gasteiger partial charge in [-0.05, 0) is 19.3 Å². The molecular weight excluding hydrogens is 276 g/mol. The third-order valence-electron chi connectivity index (χ3n) is 3.95. The topological polar surface area (TPSA) is 52.2 Å². The largest absolute Gasteiger partial charge is 0.633 e. The van der Waals surface area contributed by atoms with Gasteiger partial charge in [0.2, 0.25) is 5.91 Å². The number of hydrogen-bond donors (Lipinski definition) is 1. The molecule has 0 spiro atoms. The molecule has 132 valence electrons. The van der Waals surface area contributed by atoms with Crippen LogP contribution in [0, 0.1) is 5.21 Å². The number of amides is 1. The Morgan fingerprint density at radius 1 is 0.864 bits per heavy atom. The van der Waals surface area contributed by atoms with Gasteiger partial charge in [0, 0.05) is 13.0 Å². The van der Waals surface area contributed by atoms with Crippen LogP contribution in [-0.2, 0) is 4.79 Å². The quantitative estimate of drug-likeness (QED) is 0.277. The van der Waals surface area contributed by atoms with Crippen LogP contribution in [0.1, 0.15) is 84.0 Å². The van der Waals surface area contributed by atoms with E-state index in [4.69, 9.17) is 0 Å². The number of hydrogen-bond acceptors (Lipinski definition) is 2. The van der Waals surface area contributed by atoms with E-state index in [9.17, 15) is 10.0 Å². The van der Waals surface area contributed by atoms with Crippen LogP contribution in [0.2, 0.25) is 0 Å². The van der Waals surface area contributed by atoms with Gasteiger partial charge in [-0.25, -0.2) is 0 Å². The maximum Gasteiger partial charge on any atom is 0.219 e. The first kappa shape index (κ1) is 21.4. The Hall–Kier alpha value is -0.610. The zero-order chi connectivity index (χ0) is 16.7. The lowest BCUT2D eigenvalue weighted by molar-refractivity contribution is -0.840. The first-order valence-corrected chi connectivity index (χ1v) is 9.26. The molecule has 0 fully saturated rings. The van der Waals surface area contributed by atoms with E-state index in [1.54, 1.807) is 14.1 Å². The highest BCUT2D eigenvalue weighted by Gasteiger charge is 2.03. The van der Waals surface area contributed by atoms with Crippen molar-refractivity contribution in [2.24, 2.45) is 0 Å². The second-order valence-corrected chi connectivity index (χ2v) is 6.93. The van der Waals surface area contributed by atoms with Gasteiger partial charge in [0.15, 0.2) is 0 Å². The summed E-state index contributed by atoms with van der Waals surface area (Å²) in [6.45, 7) is 3.57. The molecule has 0 atom stereocenters. The molecule has 0 saturated carbocycles. The van der Waals surface area contributed by atoms with Gasteiger partial charge < -0.3 is 15.2 Å². The van der Waals surface area contributed by atoms with Crippen molar-refractivity contribution in [3.63, 3.8) is 0 Å². The summed E-state index contributed by atoms with van der Waals surface area (Å²) in [5.74, 6) is 0.166. The normalized spacial score (nSPS) is 11.6. The molecule has 0 aliphatic carbocycles. The van der Waals surface area contributed by atoms with Crippen LogP contribution in [0.4, 0.5) is 0 Å². The monoisotopic (exact) mass is 314 g/mol. The maximum atomic E-state index is 11.6. The second kappa shape index (κ2) is 14.0. The fraction of sp³-hybridized carbons (Fsp3) is 0.944. The summed E-state index contributed by atoms with van der Waals surface area (Å²) in [6, 6.07) is 0. The molecule has 0 aromatic carbocycles. The fourth-order valence-electron chi connectivity index (χ4n) is 2.53. The number of hydroxylamine groups is 3. The van der Waals surface area contributed by atoms with Crippen LogP contribution < -0.4 is 5.32 Å². The Bertz CT molecular complexity index is 262. The van der Waals surface area contributed by atoms with Gasteiger partial charge in [-0.15, -0.1) is 0 Å². The van der Waals surface area contributed by atoms with Crippen LogP contribution in [0.15, 0.2) is 0 Å². The molecule has 1 N–H and O–H groups in total. The van der Waals surface area contributed by atoms with Crippen molar-refractivity contribution in [2.45, 2.75) is 84.0 Å². The first-order chi connectivity index (χ1) is 10.5. The van der Waals surface area contributed by atoms with E-state index in [-0.39, 0.29) is 10.6 Å². The van der Waals surface area contributed by atoms with Crippen molar-refractivity contribution < 1.29 is 9.44 Å². The molecule has 0 heterocycles. The minimum Gasteiger partial charge on any atom is -0.633 e. The van der Waals surface area contributed by atoms with Gasteiger partial charge in [-0.3, -0.25) is 4.79 Å². The van der Waals surface area contributed by atoms with Crippen LogP contribution in [0.25, 0.3) is 0 Å². The number of quaternary nitrogens is 1.